The molecule has 0 unspecified atom stereocenters. The zero-order valence-corrected chi connectivity index (χ0v) is 20.1. The van der Waals surface area contributed by atoms with Gasteiger partial charge in [-0.1, -0.05) is 6.07 Å². The van der Waals surface area contributed by atoms with Crippen LogP contribution in [0.15, 0.2) is 42.9 Å². The zero-order chi connectivity index (χ0) is 25.3. The van der Waals surface area contributed by atoms with E-state index in [1.165, 1.54) is 19.2 Å². The Morgan fingerprint density at radius 3 is 2.67 bits per heavy atom. The highest BCUT2D eigenvalue weighted by atomic mass is 19.3. The molecule has 1 spiro atoms. The Bertz CT molecular complexity index is 1250. The van der Waals surface area contributed by atoms with Crippen LogP contribution in [0.5, 0.6) is 0 Å². The van der Waals surface area contributed by atoms with Crippen molar-refractivity contribution in [3.63, 3.8) is 0 Å². The lowest BCUT2D eigenvalue weighted by Crippen LogP contribution is -2.56. The lowest BCUT2D eigenvalue weighted by molar-refractivity contribution is -0.114. The van der Waals surface area contributed by atoms with Crippen molar-refractivity contribution in [3.05, 3.63) is 54.2 Å². The Hall–Kier alpha value is -3.57. The standard InChI is InChI=1S/C25H27F2N7O2/c1-16(35)31-22-9-20(32-21-5-7-28-23(33-21)24(2,26)27)18(11-30-22)19-4-3-17(10-29-19)12-34-13-25(14-34)6-8-36-15-25/h3-5,7,9-11H,6,8,12-15H2,1-2H3,(H2,28,30,31,32,33,35). The molecule has 2 N–H and O–H groups in total. The summed E-state index contributed by atoms with van der Waals surface area (Å²) in [6.45, 7) is 6.71. The monoisotopic (exact) mass is 495 g/mol. The molecule has 9 nitrogen and oxygen atoms in total. The summed E-state index contributed by atoms with van der Waals surface area (Å²) in [4.78, 5) is 30.5. The normalized spacial score (nSPS) is 17.1. The highest BCUT2D eigenvalue weighted by Gasteiger charge is 2.45. The first kappa shape index (κ1) is 24.1. The lowest BCUT2D eigenvalue weighted by atomic mass is 9.79. The largest absolute Gasteiger partial charge is 0.381 e. The van der Waals surface area contributed by atoms with Gasteiger partial charge in [-0.15, -0.1) is 0 Å². The maximum absolute atomic E-state index is 13.7. The van der Waals surface area contributed by atoms with Gasteiger partial charge in [0, 0.05) is 75.7 Å². The molecule has 0 aromatic carbocycles. The van der Waals surface area contributed by atoms with Crippen molar-refractivity contribution < 1.29 is 18.3 Å². The van der Waals surface area contributed by atoms with Crippen LogP contribution in [0.2, 0.25) is 0 Å². The molecular weight excluding hydrogens is 468 g/mol. The predicted octanol–water partition coefficient (Wildman–Crippen LogP) is 3.97. The highest BCUT2D eigenvalue weighted by molar-refractivity contribution is 5.89. The van der Waals surface area contributed by atoms with Gasteiger partial charge in [-0.2, -0.15) is 8.78 Å². The van der Waals surface area contributed by atoms with Crippen LogP contribution >= 0.6 is 0 Å². The van der Waals surface area contributed by atoms with Crippen LogP contribution in [0, 0.1) is 5.41 Å². The van der Waals surface area contributed by atoms with Crippen molar-refractivity contribution in [2.75, 3.05) is 36.9 Å². The second-order valence-electron chi connectivity index (χ2n) is 9.57. The van der Waals surface area contributed by atoms with Gasteiger partial charge < -0.3 is 15.4 Å². The number of carbonyl (C=O) groups is 1. The summed E-state index contributed by atoms with van der Waals surface area (Å²) in [7, 11) is 0. The number of nitrogens with zero attached hydrogens (tertiary/aromatic N) is 5. The van der Waals surface area contributed by atoms with Crippen LogP contribution < -0.4 is 10.6 Å². The van der Waals surface area contributed by atoms with E-state index in [1.807, 2.05) is 18.3 Å². The topological polar surface area (TPSA) is 105 Å². The van der Waals surface area contributed by atoms with Crippen LogP contribution in [0.3, 0.4) is 0 Å². The molecule has 188 valence electrons. The molecule has 5 heterocycles. The van der Waals surface area contributed by atoms with Crippen molar-refractivity contribution in [2.45, 2.75) is 32.7 Å². The molecule has 2 aliphatic rings. The van der Waals surface area contributed by atoms with Gasteiger partial charge in [-0.25, -0.2) is 15.0 Å². The third kappa shape index (κ3) is 5.31. The third-order valence-electron chi connectivity index (χ3n) is 6.33. The minimum Gasteiger partial charge on any atom is -0.381 e. The van der Waals surface area contributed by atoms with Crippen LogP contribution in [0.4, 0.5) is 26.1 Å². The van der Waals surface area contributed by atoms with Gasteiger partial charge in [0.15, 0.2) is 0 Å². The molecule has 0 saturated carbocycles. The summed E-state index contributed by atoms with van der Waals surface area (Å²) in [5.41, 5.74) is 3.20. The first-order valence-electron chi connectivity index (χ1n) is 11.7. The molecule has 36 heavy (non-hydrogen) atoms. The molecule has 3 aromatic rings. The van der Waals surface area contributed by atoms with Crippen LogP contribution in [-0.2, 0) is 22.0 Å². The molecular formula is C25H27F2N7O2. The molecule has 2 saturated heterocycles. The highest BCUT2D eigenvalue weighted by Crippen LogP contribution is 2.39. The first-order valence-corrected chi connectivity index (χ1v) is 11.7. The third-order valence-corrected chi connectivity index (χ3v) is 6.33. The summed E-state index contributed by atoms with van der Waals surface area (Å²) in [5.74, 6) is -3.57. The molecule has 0 aliphatic carbocycles. The number of halogens is 2. The van der Waals surface area contributed by atoms with E-state index >= 15 is 0 Å². The van der Waals surface area contributed by atoms with E-state index < -0.39 is 11.7 Å². The quantitative estimate of drug-likeness (QED) is 0.507. The van der Waals surface area contributed by atoms with E-state index in [4.69, 9.17) is 4.74 Å². The van der Waals surface area contributed by atoms with Crippen LogP contribution in [0.25, 0.3) is 11.3 Å². The number of hydrogen-bond donors (Lipinski definition) is 2. The van der Waals surface area contributed by atoms with E-state index in [2.05, 4.69) is 35.5 Å². The molecule has 3 aromatic heterocycles. The number of carbonyl (C=O) groups excluding carboxylic acids is 1. The number of likely N-dealkylation sites (tertiary alicyclic amines) is 1. The summed E-state index contributed by atoms with van der Waals surface area (Å²) >= 11 is 0. The average molecular weight is 496 g/mol. The van der Waals surface area contributed by atoms with E-state index in [0.29, 0.717) is 28.2 Å². The molecule has 11 heteroatoms. The lowest BCUT2D eigenvalue weighted by Gasteiger charge is -2.47. The fourth-order valence-corrected chi connectivity index (χ4v) is 4.64. The summed E-state index contributed by atoms with van der Waals surface area (Å²) in [6, 6.07) is 7.02. The minimum absolute atomic E-state index is 0.182. The average Bonchev–Trinajstić information content (AvgIpc) is 3.29. The van der Waals surface area contributed by atoms with E-state index in [-0.39, 0.29) is 11.7 Å². The summed E-state index contributed by atoms with van der Waals surface area (Å²) < 4.78 is 33.0. The Labute approximate surface area is 207 Å². The number of alkyl halides is 2. The Morgan fingerprint density at radius 2 is 2.00 bits per heavy atom. The number of nitrogens with one attached hydrogen (secondary N) is 2. The van der Waals surface area contributed by atoms with E-state index in [0.717, 1.165) is 51.8 Å². The van der Waals surface area contributed by atoms with Gasteiger partial charge >= 0.3 is 5.92 Å². The molecule has 2 fully saturated rings. The molecule has 1 amide bonds. The maximum Gasteiger partial charge on any atom is 0.303 e. The molecule has 0 atom stereocenters. The van der Waals surface area contributed by atoms with E-state index in [9.17, 15) is 13.6 Å². The van der Waals surface area contributed by atoms with Crippen LogP contribution in [-0.4, -0.2) is 57.0 Å². The second kappa shape index (κ2) is 9.47. The van der Waals surface area contributed by atoms with Gasteiger partial charge in [0.2, 0.25) is 11.7 Å². The number of rotatable bonds is 7. The number of pyridine rings is 2. The van der Waals surface area contributed by atoms with Gasteiger partial charge in [0.25, 0.3) is 0 Å². The van der Waals surface area contributed by atoms with Gasteiger partial charge in [-0.3, -0.25) is 14.7 Å². The number of anilines is 3. The number of ether oxygens (including phenoxy) is 1. The van der Waals surface area contributed by atoms with Crippen LogP contribution in [0.1, 0.15) is 31.7 Å². The van der Waals surface area contributed by atoms with Gasteiger partial charge in [0.05, 0.1) is 18.0 Å². The van der Waals surface area contributed by atoms with Crippen molar-refractivity contribution >= 4 is 23.2 Å². The first-order chi connectivity index (χ1) is 17.2. The van der Waals surface area contributed by atoms with Gasteiger partial charge in [0.1, 0.15) is 11.6 Å². The number of hydrogen-bond acceptors (Lipinski definition) is 8. The predicted molar refractivity (Wildman–Crippen MR) is 130 cm³/mol. The Kier molecular flexibility index (Phi) is 6.35. The molecule has 5 rings (SSSR count). The second-order valence-corrected chi connectivity index (χ2v) is 9.57. The van der Waals surface area contributed by atoms with Gasteiger partial charge in [-0.05, 0) is 24.1 Å². The molecule has 2 aliphatic heterocycles. The fourth-order valence-electron chi connectivity index (χ4n) is 4.64. The number of amides is 1. The SMILES string of the molecule is CC(=O)Nc1cc(Nc2ccnc(C(C)(F)F)n2)c(-c2ccc(CN3CC4(CCOC4)C3)cn2)cn1. The summed E-state index contributed by atoms with van der Waals surface area (Å²) in [5, 5.41) is 5.69. The maximum atomic E-state index is 13.7. The fraction of sp³-hybridized carbons (Fsp3) is 0.400. The zero-order valence-electron chi connectivity index (χ0n) is 20.1. The van der Waals surface area contributed by atoms with Crippen molar-refractivity contribution in [1.29, 1.82) is 0 Å². The number of aromatic nitrogens is 4. The van der Waals surface area contributed by atoms with Crippen molar-refractivity contribution in [1.82, 2.24) is 24.8 Å². The smallest absolute Gasteiger partial charge is 0.303 e. The summed E-state index contributed by atoms with van der Waals surface area (Å²) in [6.07, 6.45) is 5.80. The Morgan fingerprint density at radius 1 is 1.17 bits per heavy atom. The molecule has 0 radical (unpaired) electrons. The minimum atomic E-state index is -3.18. The van der Waals surface area contributed by atoms with Crippen molar-refractivity contribution in [2.24, 2.45) is 5.41 Å². The van der Waals surface area contributed by atoms with Crippen molar-refractivity contribution in [3.8, 4) is 11.3 Å². The van der Waals surface area contributed by atoms with E-state index in [1.54, 1.807) is 12.3 Å². The molecule has 0 bridgehead atoms. The Balaban J connectivity index is 1.37.